The van der Waals surface area contributed by atoms with Crippen molar-refractivity contribution in [3.8, 4) is 0 Å². The van der Waals surface area contributed by atoms with Crippen molar-refractivity contribution in [2.24, 2.45) is 0 Å². The van der Waals surface area contributed by atoms with Crippen LogP contribution in [-0.4, -0.2) is 5.11 Å². The maximum Gasteiger partial charge on any atom is 0.115 e. The van der Waals surface area contributed by atoms with Gasteiger partial charge in [0.05, 0.1) is 0 Å². The zero-order valence-corrected chi connectivity index (χ0v) is 10.4. The van der Waals surface area contributed by atoms with Gasteiger partial charge in [0, 0.05) is 0 Å². The molecule has 1 aliphatic rings. The molecule has 0 fully saturated rings. The highest BCUT2D eigenvalue weighted by molar-refractivity contribution is 5.77. The average Bonchev–Trinajstić information content (AvgIpc) is 2.56. The Morgan fingerprint density at radius 3 is 1.72 bits per heavy atom. The quantitative estimate of drug-likeness (QED) is 0.798. The molecule has 3 rings (SSSR count). The van der Waals surface area contributed by atoms with Crippen LogP contribution in [0, 0.1) is 0 Å². The third kappa shape index (κ3) is 1.52. The number of benzene rings is 2. The van der Waals surface area contributed by atoms with Gasteiger partial charge in [-0.25, -0.2) is 0 Å². The molecule has 2 aromatic rings. The van der Waals surface area contributed by atoms with Crippen LogP contribution in [0.5, 0.6) is 0 Å². The molecule has 0 bridgehead atoms. The minimum absolute atomic E-state index is 0.669. The van der Waals surface area contributed by atoms with E-state index in [-0.39, 0.29) is 0 Å². The molecule has 0 atom stereocenters. The van der Waals surface area contributed by atoms with E-state index in [1.54, 1.807) is 0 Å². The first kappa shape index (κ1) is 11.2. The molecule has 2 aromatic carbocycles. The van der Waals surface area contributed by atoms with Crippen LogP contribution in [0.1, 0.15) is 35.6 Å². The molecule has 0 aromatic heterocycles. The van der Waals surface area contributed by atoms with Gasteiger partial charge in [0.25, 0.3) is 0 Å². The molecule has 0 radical (unpaired) electrons. The molecule has 0 saturated heterocycles. The molecule has 1 heteroatoms. The highest BCUT2D eigenvalue weighted by Gasteiger charge is 2.33. The van der Waals surface area contributed by atoms with Crippen molar-refractivity contribution in [2.45, 2.75) is 18.9 Å². The van der Waals surface area contributed by atoms with Crippen LogP contribution in [0.2, 0.25) is 0 Å². The van der Waals surface area contributed by atoms with Gasteiger partial charge in [0.15, 0.2) is 0 Å². The second-order valence-corrected chi connectivity index (χ2v) is 4.72. The van der Waals surface area contributed by atoms with Crippen molar-refractivity contribution in [1.29, 1.82) is 0 Å². The van der Waals surface area contributed by atoms with Gasteiger partial charge in [0.1, 0.15) is 5.60 Å². The summed E-state index contributed by atoms with van der Waals surface area (Å²) in [5.41, 5.74) is 3.29. The zero-order valence-electron chi connectivity index (χ0n) is 10.4. The number of hydrogen-bond acceptors (Lipinski definition) is 1. The van der Waals surface area contributed by atoms with Crippen molar-refractivity contribution in [3.63, 3.8) is 0 Å². The fraction of sp³-hybridized carbons (Fsp3) is 0.176. The summed E-state index contributed by atoms with van der Waals surface area (Å²) in [6.45, 7) is 2.03. The first-order chi connectivity index (χ1) is 8.75. The lowest BCUT2D eigenvalue weighted by atomic mass is 9.81. The molecule has 0 amide bonds. The van der Waals surface area contributed by atoms with E-state index in [1.807, 2.05) is 43.3 Å². The van der Waals surface area contributed by atoms with E-state index in [1.165, 1.54) is 0 Å². The van der Waals surface area contributed by atoms with Gasteiger partial charge in [-0.15, -0.1) is 0 Å². The van der Waals surface area contributed by atoms with Crippen molar-refractivity contribution >= 4 is 12.2 Å². The molecule has 1 nitrogen and oxygen atoms in total. The van der Waals surface area contributed by atoms with Crippen LogP contribution >= 0.6 is 0 Å². The van der Waals surface area contributed by atoms with Crippen molar-refractivity contribution in [3.05, 3.63) is 70.8 Å². The van der Waals surface area contributed by atoms with Crippen LogP contribution in [0.3, 0.4) is 0 Å². The largest absolute Gasteiger partial charge is 0.380 e. The number of hydrogen-bond donors (Lipinski definition) is 1. The summed E-state index contributed by atoms with van der Waals surface area (Å²) >= 11 is 0. The highest BCUT2D eigenvalue weighted by Crippen LogP contribution is 2.39. The Hall–Kier alpha value is -1.86. The third-order valence-corrected chi connectivity index (χ3v) is 3.77. The van der Waals surface area contributed by atoms with Gasteiger partial charge in [-0.2, -0.15) is 0 Å². The summed E-state index contributed by atoms with van der Waals surface area (Å²) in [5, 5.41) is 11.1. The van der Waals surface area contributed by atoms with Crippen molar-refractivity contribution < 1.29 is 5.11 Å². The van der Waals surface area contributed by atoms with Crippen LogP contribution in [0.4, 0.5) is 0 Å². The van der Waals surface area contributed by atoms with Crippen LogP contribution in [0.25, 0.3) is 12.2 Å². The molecule has 1 aliphatic carbocycles. The van der Waals surface area contributed by atoms with Gasteiger partial charge < -0.3 is 5.11 Å². The average molecular weight is 236 g/mol. The van der Waals surface area contributed by atoms with E-state index in [4.69, 9.17) is 0 Å². The predicted molar refractivity (Wildman–Crippen MR) is 75.1 cm³/mol. The molecule has 1 N–H and O–H groups in total. The number of rotatable bonds is 1. The molecule has 18 heavy (non-hydrogen) atoms. The van der Waals surface area contributed by atoms with Gasteiger partial charge in [-0.05, 0) is 28.7 Å². The minimum Gasteiger partial charge on any atom is -0.380 e. The molecule has 0 heterocycles. The van der Waals surface area contributed by atoms with Crippen molar-refractivity contribution in [2.75, 3.05) is 0 Å². The second kappa shape index (κ2) is 4.11. The topological polar surface area (TPSA) is 20.2 Å². The lowest BCUT2D eigenvalue weighted by molar-refractivity contribution is 0.0763. The lowest BCUT2D eigenvalue weighted by Crippen LogP contribution is -2.27. The Morgan fingerprint density at radius 2 is 1.28 bits per heavy atom. The summed E-state index contributed by atoms with van der Waals surface area (Å²) in [4.78, 5) is 0. The Bertz CT molecular complexity index is 561. The molecular formula is C17H16O. The van der Waals surface area contributed by atoms with E-state index in [2.05, 4.69) is 24.3 Å². The predicted octanol–water partition coefficient (Wildman–Crippen LogP) is 3.82. The summed E-state index contributed by atoms with van der Waals surface area (Å²) in [7, 11) is 0. The Morgan fingerprint density at radius 1 is 0.833 bits per heavy atom. The molecule has 90 valence electrons. The first-order valence-corrected chi connectivity index (χ1v) is 6.35. The number of fused-ring (bicyclic) bond motifs is 2. The van der Waals surface area contributed by atoms with E-state index in [0.717, 1.165) is 22.3 Å². The van der Waals surface area contributed by atoms with Gasteiger partial charge in [0.2, 0.25) is 0 Å². The van der Waals surface area contributed by atoms with Crippen molar-refractivity contribution in [1.82, 2.24) is 0 Å². The standard InChI is InChI=1S/C17H16O/c1-2-17(18)15-9-5-3-7-13(15)11-12-14-8-4-6-10-16(14)17/h3-12,18H,2H2,1H3. The Kier molecular flexibility index (Phi) is 2.57. The molecule has 0 unspecified atom stereocenters. The fourth-order valence-electron chi connectivity index (χ4n) is 2.74. The minimum atomic E-state index is -0.892. The molecule has 0 saturated carbocycles. The number of aliphatic hydroxyl groups is 1. The van der Waals surface area contributed by atoms with E-state index in [0.29, 0.717) is 6.42 Å². The second-order valence-electron chi connectivity index (χ2n) is 4.72. The summed E-state index contributed by atoms with van der Waals surface area (Å²) in [6, 6.07) is 16.1. The summed E-state index contributed by atoms with van der Waals surface area (Å²) in [5.74, 6) is 0. The Labute approximate surface area is 107 Å². The normalized spacial score (nSPS) is 15.7. The van der Waals surface area contributed by atoms with Gasteiger partial charge in [-0.3, -0.25) is 0 Å². The summed E-state index contributed by atoms with van der Waals surface area (Å²) < 4.78 is 0. The Balaban J connectivity index is 2.35. The maximum absolute atomic E-state index is 11.1. The monoisotopic (exact) mass is 236 g/mol. The van der Waals surface area contributed by atoms with Crippen LogP contribution in [0.15, 0.2) is 48.5 Å². The molecular weight excluding hydrogens is 220 g/mol. The van der Waals surface area contributed by atoms with E-state index >= 15 is 0 Å². The SMILES string of the molecule is CCC1(O)c2ccccc2C=Cc2ccccc21. The van der Waals surface area contributed by atoms with Crippen LogP contribution < -0.4 is 0 Å². The molecule has 0 aliphatic heterocycles. The zero-order chi connectivity index (χ0) is 12.6. The van der Waals surface area contributed by atoms with E-state index < -0.39 is 5.60 Å². The van der Waals surface area contributed by atoms with Gasteiger partial charge >= 0.3 is 0 Å². The third-order valence-electron chi connectivity index (χ3n) is 3.77. The van der Waals surface area contributed by atoms with Crippen LogP contribution in [-0.2, 0) is 5.60 Å². The lowest BCUT2D eigenvalue weighted by Gasteiger charge is -2.29. The smallest absolute Gasteiger partial charge is 0.115 e. The fourth-order valence-corrected chi connectivity index (χ4v) is 2.74. The first-order valence-electron chi connectivity index (χ1n) is 6.35. The highest BCUT2D eigenvalue weighted by atomic mass is 16.3. The summed E-state index contributed by atoms with van der Waals surface area (Å²) in [6.07, 6.45) is 4.84. The van der Waals surface area contributed by atoms with E-state index in [9.17, 15) is 5.11 Å². The maximum atomic E-state index is 11.1. The van der Waals surface area contributed by atoms with Gasteiger partial charge in [-0.1, -0.05) is 67.6 Å². The molecule has 0 spiro atoms.